The zero-order valence-electron chi connectivity index (χ0n) is 17.3. The first-order valence-electron chi connectivity index (χ1n) is 9.91. The lowest BCUT2D eigenvalue weighted by atomic mass is 10.1. The van der Waals surface area contributed by atoms with Crippen molar-refractivity contribution >= 4 is 23.3 Å². The molecule has 1 heterocycles. The van der Waals surface area contributed by atoms with Gasteiger partial charge in [0.15, 0.2) is 11.5 Å². The van der Waals surface area contributed by atoms with Crippen LogP contribution in [0.1, 0.15) is 28.9 Å². The number of benzene rings is 3. The molecule has 0 saturated heterocycles. The van der Waals surface area contributed by atoms with Gasteiger partial charge in [-0.3, -0.25) is 4.79 Å². The minimum atomic E-state index is -0.259. The molecule has 0 fully saturated rings. The number of hydrogen-bond donors (Lipinski definition) is 2. The highest BCUT2D eigenvalue weighted by Crippen LogP contribution is 2.34. The Labute approximate surface area is 180 Å². The molecule has 3 amide bonds. The van der Waals surface area contributed by atoms with Crippen molar-refractivity contribution in [3.8, 4) is 11.5 Å². The van der Waals surface area contributed by atoms with E-state index >= 15 is 0 Å². The van der Waals surface area contributed by atoms with Gasteiger partial charge in [0.05, 0.1) is 6.04 Å². The molecule has 3 aromatic rings. The summed E-state index contributed by atoms with van der Waals surface area (Å²) < 4.78 is 10.6. The Hall–Kier alpha value is -4.00. The van der Waals surface area contributed by atoms with E-state index in [1.54, 1.807) is 42.3 Å². The summed E-state index contributed by atoms with van der Waals surface area (Å²) in [4.78, 5) is 26.8. The number of nitrogens with zero attached hydrogens (tertiary/aromatic N) is 1. The Balaban J connectivity index is 1.42. The van der Waals surface area contributed by atoms with E-state index in [9.17, 15) is 9.59 Å². The van der Waals surface area contributed by atoms with E-state index in [1.807, 2.05) is 49.4 Å². The van der Waals surface area contributed by atoms with Gasteiger partial charge in [-0.25, -0.2) is 4.79 Å². The molecule has 0 aromatic heterocycles. The highest BCUT2D eigenvalue weighted by Gasteiger charge is 2.20. The minimum Gasteiger partial charge on any atom is -0.454 e. The topological polar surface area (TPSA) is 79.9 Å². The molecule has 158 valence electrons. The summed E-state index contributed by atoms with van der Waals surface area (Å²) in [6, 6.07) is 21.3. The number of amides is 3. The van der Waals surface area contributed by atoms with Crippen LogP contribution in [0.5, 0.6) is 11.5 Å². The van der Waals surface area contributed by atoms with Gasteiger partial charge in [0, 0.05) is 30.1 Å². The van der Waals surface area contributed by atoms with Gasteiger partial charge >= 0.3 is 6.03 Å². The third kappa shape index (κ3) is 4.61. The summed E-state index contributed by atoms with van der Waals surface area (Å²) in [6.07, 6.45) is 0. The van der Waals surface area contributed by atoms with E-state index in [0.717, 1.165) is 5.56 Å². The first kappa shape index (κ1) is 20.3. The number of rotatable bonds is 5. The molecular weight excluding hydrogens is 394 g/mol. The van der Waals surface area contributed by atoms with Crippen molar-refractivity contribution in [3.05, 3.63) is 83.9 Å². The van der Waals surface area contributed by atoms with Crippen molar-refractivity contribution < 1.29 is 19.1 Å². The molecule has 0 bridgehead atoms. The van der Waals surface area contributed by atoms with Crippen LogP contribution in [-0.2, 0) is 0 Å². The molecular formula is C24H23N3O4. The van der Waals surface area contributed by atoms with Crippen LogP contribution >= 0.6 is 0 Å². The average molecular weight is 417 g/mol. The van der Waals surface area contributed by atoms with Gasteiger partial charge in [-0.1, -0.05) is 30.3 Å². The SMILES string of the molecule is C[C@@H](c1cccc(NC(=O)c2ccccc2)c1)N(C)C(=O)Nc1ccc2c(c1)OCO2. The first-order valence-corrected chi connectivity index (χ1v) is 9.91. The first-order chi connectivity index (χ1) is 15.0. The summed E-state index contributed by atoms with van der Waals surface area (Å²) in [5.74, 6) is 1.09. The summed E-state index contributed by atoms with van der Waals surface area (Å²) in [5.41, 5.74) is 2.77. The maximum Gasteiger partial charge on any atom is 0.322 e. The number of ether oxygens (including phenoxy) is 2. The van der Waals surface area contributed by atoms with Crippen molar-refractivity contribution in [1.29, 1.82) is 0 Å². The molecule has 4 rings (SSSR count). The molecule has 0 radical (unpaired) electrons. The lowest BCUT2D eigenvalue weighted by molar-refractivity contribution is 0.102. The van der Waals surface area contributed by atoms with Crippen LogP contribution in [0.4, 0.5) is 16.2 Å². The standard InChI is InChI=1S/C24H23N3O4/c1-16(27(2)24(29)26-20-11-12-21-22(14-20)31-15-30-21)18-9-6-10-19(13-18)25-23(28)17-7-4-3-5-8-17/h3-14,16H,15H2,1-2H3,(H,25,28)(H,26,29)/t16-/m0/s1. The molecule has 2 N–H and O–H groups in total. The summed E-state index contributed by atoms with van der Waals surface area (Å²) >= 11 is 0. The van der Waals surface area contributed by atoms with Crippen LogP contribution in [0.15, 0.2) is 72.8 Å². The number of carbonyl (C=O) groups is 2. The molecule has 0 spiro atoms. The van der Waals surface area contributed by atoms with Crippen LogP contribution in [0.2, 0.25) is 0 Å². The quantitative estimate of drug-likeness (QED) is 0.619. The fourth-order valence-corrected chi connectivity index (χ4v) is 3.25. The molecule has 0 saturated carbocycles. The molecule has 3 aromatic carbocycles. The smallest absolute Gasteiger partial charge is 0.322 e. The maximum atomic E-state index is 12.7. The number of nitrogens with one attached hydrogen (secondary N) is 2. The summed E-state index contributed by atoms with van der Waals surface area (Å²) in [7, 11) is 1.72. The van der Waals surface area contributed by atoms with Gasteiger partial charge in [0.1, 0.15) is 0 Å². The Morgan fingerprint density at radius 1 is 0.871 bits per heavy atom. The normalized spacial score (nSPS) is 12.7. The molecule has 7 heteroatoms. The monoisotopic (exact) mass is 417 g/mol. The lowest BCUT2D eigenvalue weighted by Crippen LogP contribution is -2.33. The van der Waals surface area contributed by atoms with Gasteiger partial charge in [-0.15, -0.1) is 0 Å². The molecule has 1 atom stereocenters. The number of anilines is 2. The summed E-state index contributed by atoms with van der Waals surface area (Å²) in [6.45, 7) is 2.11. The number of fused-ring (bicyclic) bond motifs is 1. The van der Waals surface area contributed by atoms with Gasteiger partial charge in [0.2, 0.25) is 6.79 Å². The molecule has 7 nitrogen and oxygen atoms in total. The minimum absolute atomic E-state index is 0.181. The molecule has 1 aliphatic rings. The van der Waals surface area contributed by atoms with Gasteiger partial charge in [-0.2, -0.15) is 0 Å². The predicted molar refractivity (Wildman–Crippen MR) is 119 cm³/mol. The van der Waals surface area contributed by atoms with Gasteiger partial charge in [-0.05, 0) is 48.9 Å². The molecule has 1 aliphatic heterocycles. The fraction of sp³-hybridized carbons (Fsp3) is 0.167. The summed E-state index contributed by atoms with van der Waals surface area (Å²) in [5, 5.41) is 5.77. The maximum absolute atomic E-state index is 12.7. The van der Waals surface area contributed by atoms with Crippen molar-refractivity contribution in [2.75, 3.05) is 24.5 Å². The Kier molecular flexibility index (Phi) is 5.75. The van der Waals surface area contributed by atoms with Crippen molar-refractivity contribution in [1.82, 2.24) is 4.90 Å². The third-order valence-corrected chi connectivity index (χ3v) is 5.19. The zero-order valence-corrected chi connectivity index (χ0v) is 17.3. The van der Waals surface area contributed by atoms with Crippen molar-refractivity contribution in [2.24, 2.45) is 0 Å². The van der Waals surface area contributed by atoms with Crippen LogP contribution in [0.25, 0.3) is 0 Å². The number of hydrogen-bond acceptors (Lipinski definition) is 4. The van der Waals surface area contributed by atoms with Crippen molar-refractivity contribution in [2.45, 2.75) is 13.0 Å². The fourth-order valence-electron chi connectivity index (χ4n) is 3.25. The van der Waals surface area contributed by atoms with Crippen molar-refractivity contribution in [3.63, 3.8) is 0 Å². The Bertz CT molecular complexity index is 1100. The highest BCUT2D eigenvalue weighted by molar-refractivity contribution is 6.04. The van der Waals surface area contributed by atoms with E-state index in [1.165, 1.54) is 0 Å². The molecule has 0 unspecified atom stereocenters. The largest absolute Gasteiger partial charge is 0.454 e. The second kappa shape index (κ2) is 8.79. The van der Waals surface area contributed by atoms with E-state index in [0.29, 0.717) is 28.4 Å². The number of urea groups is 1. The lowest BCUT2D eigenvalue weighted by Gasteiger charge is -2.26. The van der Waals surface area contributed by atoms with E-state index in [4.69, 9.17) is 9.47 Å². The van der Waals surface area contributed by atoms with Crippen LogP contribution in [0, 0.1) is 0 Å². The average Bonchev–Trinajstić information content (AvgIpc) is 3.26. The Morgan fingerprint density at radius 3 is 2.42 bits per heavy atom. The third-order valence-electron chi connectivity index (χ3n) is 5.19. The molecule has 31 heavy (non-hydrogen) atoms. The second-order valence-corrected chi connectivity index (χ2v) is 7.23. The number of carbonyl (C=O) groups excluding carboxylic acids is 2. The van der Waals surface area contributed by atoms with Crippen LogP contribution in [-0.4, -0.2) is 30.7 Å². The molecule has 0 aliphatic carbocycles. The second-order valence-electron chi connectivity index (χ2n) is 7.23. The van der Waals surface area contributed by atoms with Gasteiger partial charge in [0.25, 0.3) is 5.91 Å². The van der Waals surface area contributed by atoms with E-state index in [2.05, 4.69) is 10.6 Å². The Morgan fingerprint density at radius 2 is 1.61 bits per heavy atom. The van der Waals surface area contributed by atoms with E-state index < -0.39 is 0 Å². The van der Waals surface area contributed by atoms with Crippen LogP contribution < -0.4 is 20.1 Å². The predicted octanol–water partition coefficient (Wildman–Crippen LogP) is 4.89. The van der Waals surface area contributed by atoms with Gasteiger partial charge < -0.3 is 25.0 Å². The zero-order chi connectivity index (χ0) is 21.8. The van der Waals surface area contributed by atoms with Crippen LogP contribution in [0.3, 0.4) is 0 Å². The van der Waals surface area contributed by atoms with E-state index in [-0.39, 0.29) is 24.8 Å². The highest BCUT2D eigenvalue weighted by atomic mass is 16.7.